The molecule has 46 heavy (non-hydrogen) atoms. The summed E-state index contributed by atoms with van der Waals surface area (Å²) in [6.07, 6.45) is -2.92. The Balaban J connectivity index is 1.51. The number of phenolic OH excluding ortho intramolecular Hbond substituents is 2. The van der Waals surface area contributed by atoms with Gasteiger partial charge in [-0.1, -0.05) is 12.1 Å². The monoisotopic (exact) mass is 705 g/mol. The summed E-state index contributed by atoms with van der Waals surface area (Å²) in [5.41, 5.74) is -3.21. The molecule has 3 aliphatic rings. The zero-order valence-electron chi connectivity index (χ0n) is 26.1. The molecule has 12 nitrogen and oxygen atoms in total. The van der Waals surface area contributed by atoms with Crippen molar-refractivity contribution in [2.45, 2.75) is 99.8 Å². The molecule has 0 saturated carbocycles. The summed E-state index contributed by atoms with van der Waals surface area (Å²) >= 11 is 0.128. The number of benzene rings is 2. The molecular formula is C33H39NO11Se. The Bertz CT molecular complexity index is 1580. The molecule has 2 aromatic rings. The van der Waals surface area contributed by atoms with Crippen LogP contribution in [0.25, 0.3) is 0 Å². The summed E-state index contributed by atoms with van der Waals surface area (Å²) in [7, 11) is 1.34. The van der Waals surface area contributed by atoms with E-state index in [1.807, 2.05) is 0 Å². The molecule has 5 rings (SSSR count). The first-order chi connectivity index (χ1) is 21.8. The van der Waals surface area contributed by atoms with Crippen LogP contribution in [0.5, 0.6) is 17.2 Å². The van der Waals surface area contributed by atoms with Crippen molar-refractivity contribution in [1.29, 1.82) is 0 Å². The van der Waals surface area contributed by atoms with Gasteiger partial charge in [-0.3, -0.25) is 9.59 Å². The van der Waals surface area contributed by atoms with Crippen molar-refractivity contribution in [3.8, 4) is 17.2 Å². The number of aliphatic hydroxyl groups is 2. The maximum atomic E-state index is 13.8. The first-order valence-corrected chi connectivity index (χ1v) is 17.7. The second-order valence-corrected chi connectivity index (χ2v) is 14.4. The van der Waals surface area contributed by atoms with Crippen molar-refractivity contribution < 1.29 is 53.8 Å². The molecule has 13 heteroatoms. The predicted molar refractivity (Wildman–Crippen MR) is 165 cm³/mol. The molecule has 1 heterocycles. The topological polar surface area (TPSA) is 189 Å². The van der Waals surface area contributed by atoms with E-state index in [1.54, 1.807) is 6.92 Å². The van der Waals surface area contributed by atoms with Gasteiger partial charge in [0.25, 0.3) is 0 Å². The number of aliphatic hydroxyl groups excluding tert-OH is 1. The van der Waals surface area contributed by atoms with Crippen molar-refractivity contribution >= 4 is 38.2 Å². The Morgan fingerprint density at radius 2 is 1.85 bits per heavy atom. The number of carbonyl (C=O) groups excluding carboxylic acids is 4. The summed E-state index contributed by atoms with van der Waals surface area (Å²) < 4.78 is 17.5. The molecule has 0 unspecified atom stereocenters. The molecule has 1 amide bonds. The van der Waals surface area contributed by atoms with Gasteiger partial charge in [-0.2, -0.15) is 0 Å². The summed E-state index contributed by atoms with van der Waals surface area (Å²) in [5.74, 6) is -3.49. The van der Waals surface area contributed by atoms with Gasteiger partial charge in [-0.25, -0.2) is 0 Å². The Morgan fingerprint density at radius 3 is 2.52 bits per heavy atom. The van der Waals surface area contributed by atoms with Gasteiger partial charge in [-0.05, 0) is 6.07 Å². The molecular weight excluding hydrogens is 665 g/mol. The van der Waals surface area contributed by atoms with Crippen LogP contribution >= 0.6 is 0 Å². The van der Waals surface area contributed by atoms with Crippen LogP contribution in [0.15, 0.2) is 18.2 Å². The zero-order chi connectivity index (χ0) is 33.5. The van der Waals surface area contributed by atoms with Crippen molar-refractivity contribution in [1.82, 2.24) is 5.32 Å². The molecule has 0 radical (unpaired) electrons. The van der Waals surface area contributed by atoms with Crippen LogP contribution in [0.4, 0.5) is 0 Å². The van der Waals surface area contributed by atoms with E-state index in [2.05, 4.69) is 12.2 Å². The third kappa shape index (κ3) is 6.07. The number of phenols is 2. The second-order valence-electron chi connectivity index (χ2n) is 12.1. The standard InChI is InChI=1S/C33H39NO11Se/c1-5-6-10-46-14-22(36)34-19-11-23(44-15(2)28(19)37)45-21-13-33(42,16(3)35)12-18-25(21)32(41)27-26(30(18)39)29(38)17-8-7-9-20(43-4)24(17)31(27)40/h7-9,15,19,21,23,28,37,39,41-42H,5-6,10-14H2,1-4H3,(H,34,36)/t15-,19-,21-,23-,28-,33-/m0/s1. The maximum absolute atomic E-state index is 13.8. The van der Waals surface area contributed by atoms with Crippen LogP contribution in [0.2, 0.25) is 10.6 Å². The summed E-state index contributed by atoms with van der Waals surface area (Å²) in [6.45, 7) is 4.87. The zero-order valence-corrected chi connectivity index (χ0v) is 27.8. The Labute approximate surface area is 272 Å². The van der Waals surface area contributed by atoms with E-state index < -0.39 is 82.6 Å². The molecule has 5 N–H and O–H groups in total. The van der Waals surface area contributed by atoms with Crippen molar-refractivity contribution in [2.75, 3.05) is 7.11 Å². The van der Waals surface area contributed by atoms with Gasteiger partial charge in [0.15, 0.2) is 5.78 Å². The number of hydrogen-bond acceptors (Lipinski definition) is 11. The van der Waals surface area contributed by atoms with Crippen LogP contribution in [0, 0.1) is 0 Å². The molecule has 2 aliphatic carbocycles. The third-order valence-corrected chi connectivity index (χ3v) is 11.2. The van der Waals surface area contributed by atoms with Gasteiger partial charge in [0.2, 0.25) is 0 Å². The van der Waals surface area contributed by atoms with Gasteiger partial charge in [-0.15, -0.1) is 0 Å². The number of ether oxygens (including phenoxy) is 3. The Kier molecular flexibility index (Phi) is 9.93. The first-order valence-electron chi connectivity index (χ1n) is 15.3. The number of methoxy groups -OCH3 is 1. The van der Waals surface area contributed by atoms with Gasteiger partial charge in [0.05, 0.1) is 12.7 Å². The average molecular weight is 705 g/mol. The number of fused-ring (bicyclic) bond motifs is 3. The van der Waals surface area contributed by atoms with Crippen LogP contribution in [0.1, 0.15) is 95.5 Å². The number of ketones is 3. The van der Waals surface area contributed by atoms with Crippen molar-refractivity contribution in [3.05, 3.63) is 51.6 Å². The van der Waals surface area contributed by atoms with Gasteiger partial charge < -0.3 is 4.74 Å². The molecule has 0 aromatic heterocycles. The minimum absolute atomic E-state index is 0.00319. The van der Waals surface area contributed by atoms with E-state index in [-0.39, 0.29) is 61.7 Å². The van der Waals surface area contributed by atoms with Gasteiger partial charge in [0.1, 0.15) is 5.75 Å². The average Bonchev–Trinajstić information content (AvgIpc) is 3.01. The summed E-state index contributed by atoms with van der Waals surface area (Å²) in [6, 6.07) is 3.70. The summed E-state index contributed by atoms with van der Waals surface area (Å²) in [4.78, 5) is 52.8. The number of hydrogen-bond donors (Lipinski definition) is 5. The fourth-order valence-corrected chi connectivity index (χ4v) is 8.33. The fourth-order valence-electron chi connectivity index (χ4n) is 6.43. The van der Waals surface area contributed by atoms with Gasteiger partial charge in [0, 0.05) is 5.56 Å². The quantitative estimate of drug-likeness (QED) is 0.119. The molecule has 1 aliphatic heterocycles. The molecule has 0 spiro atoms. The minimum atomic E-state index is -2.05. The molecule has 1 fully saturated rings. The Hall–Kier alpha value is -3.32. The number of carbonyl (C=O) groups is 4. The first kappa shape index (κ1) is 34.0. The third-order valence-electron chi connectivity index (χ3n) is 8.98. The van der Waals surface area contributed by atoms with Crippen LogP contribution in [0.3, 0.4) is 0 Å². The number of rotatable bonds is 10. The number of unbranched alkanes of at least 4 members (excludes halogenated alkanes) is 1. The number of amides is 1. The van der Waals surface area contributed by atoms with E-state index in [9.17, 15) is 39.6 Å². The predicted octanol–water partition coefficient (Wildman–Crippen LogP) is 2.53. The van der Waals surface area contributed by atoms with E-state index >= 15 is 0 Å². The SMILES string of the molecule is CCCC[Se]CC(=O)N[C@H]1C[C@H](O[C@H]2C[C@](O)(C(C)=O)Cc3c(O)c4c(c(O)c32)C(=O)c2c(OC)cccc2C4=O)O[C@@H](C)[C@@H]1O. The van der Waals surface area contributed by atoms with E-state index in [1.165, 1.54) is 32.2 Å². The van der Waals surface area contributed by atoms with Crippen molar-refractivity contribution in [2.24, 2.45) is 0 Å². The molecule has 0 bridgehead atoms. The van der Waals surface area contributed by atoms with E-state index in [0.717, 1.165) is 18.2 Å². The molecule has 2 aromatic carbocycles. The second kappa shape index (κ2) is 13.4. The summed E-state index contributed by atoms with van der Waals surface area (Å²) in [5, 5.41) is 49.6. The normalized spacial score (nSPS) is 27.0. The molecule has 6 atom stereocenters. The molecule has 248 valence electrons. The van der Waals surface area contributed by atoms with E-state index in [4.69, 9.17) is 14.2 Å². The van der Waals surface area contributed by atoms with E-state index in [0.29, 0.717) is 5.32 Å². The number of Topliss-reactive ketones (excluding diaryl/α,β-unsaturated/α-hetero) is 1. The fraction of sp³-hybridized carbons (Fsp3) is 0.515. The Morgan fingerprint density at radius 1 is 1.13 bits per heavy atom. The van der Waals surface area contributed by atoms with Crippen molar-refractivity contribution in [3.63, 3.8) is 0 Å². The van der Waals surface area contributed by atoms with Gasteiger partial charge >= 0.3 is 211 Å². The number of nitrogens with one attached hydrogen (secondary N) is 1. The molecule has 1 saturated heterocycles. The van der Waals surface area contributed by atoms with Crippen LogP contribution in [-0.2, 0) is 25.5 Å². The van der Waals surface area contributed by atoms with Crippen LogP contribution < -0.4 is 10.1 Å². The number of aromatic hydroxyl groups is 2. The van der Waals surface area contributed by atoms with Crippen LogP contribution in [-0.4, -0.2) is 95.9 Å².